The van der Waals surface area contributed by atoms with Gasteiger partial charge in [-0.05, 0) is 93.2 Å². The summed E-state index contributed by atoms with van der Waals surface area (Å²) in [5.74, 6) is -2.01. The van der Waals surface area contributed by atoms with E-state index in [1.54, 1.807) is 0 Å². The molecule has 2 amide bonds. The van der Waals surface area contributed by atoms with Crippen molar-refractivity contribution in [1.82, 2.24) is 25.4 Å². The number of aliphatic hydroxyl groups is 1. The number of aliphatic hydroxyl groups excluding tert-OH is 1. The summed E-state index contributed by atoms with van der Waals surface area (Å²) >= 11 is 1.48. The average Bonchev–Trinajstić information content (AvgIpc) is 4.05. The molecule has 0 spiro atoms. The maximum absolute atomic E-state index is 15.2. The van der Waals surface area contributed by atoms with E-state index in [2.05, 4.69) is 59.3 Å². The van der Waals surface area contributed by atoms with Gasteiger partial charge in [0.1, 0.15) is 23.7 Å². The number of hydrogen-bond acceptors (Lipinski definition) is 15. The smallest absolute Gasteiger partial charge is 0.231 e. The lowest BCUT2D eigenvalue weighted by Crippen LogP contribution is -2.40. The van der Waals surface area contributed by atoms with Gasteiger partial charge in [0.2, 0.25) is 11.8 Å². The van der Waals surface area contributed by atoms with Crippen molar-refractivity contribution in [3.63, 3.8) is 0 Å². The third kappa shape index (κ3) is 28.7. The minimum absolute atomic E-state index is 0.0377. The van der Waals surface area contributed by atoms with E-state index in [1.807, 2.05) is 49.5 Å². The van der Waals surface area contributed by atoms with Crippen molar-refractivity contribution < 1.29 is 61.5 Å². The van der Waals surface area contributed by atoms with E-state index in [-0.39, 0.29) is 73.3 Å². The quantitative estimate of drug-likeness (QED) is 0.0209. The standard InChI is InChI=1S/C61H94F2N6O11S/c1-46(58(49(4)72)60(74)66-40-47(2)65-23-30-75-26-12-9-13-27-76-31-25-70)16-14-28-77-32-34-79-36-37-80-35-33-78-29-21-57(73)67-53(43-71)45-81-44-48(3)69(24-15-22-64)59(61(5,6)7)56-38-51(54-39-52(62)19-20-55(54)63)42-68(56)41-50-17-10-8-11-18-50/h8,10-11,17-20,38-39,42-43,46,53,58-59,65,70H,2-3,9,12-16,21-37,40-41,44-45,64H2,1,4-7H3,(H,66,74)(H,67,73)/t46?,53-,58?,59+/m1/s1. The Hall–Kier alpha value is -5.03. The Labute approximate surface area is 484 Å². The van der Waals surface area contributed by atoms with Crippen LogP contribution in [0.2, 0.25) is 0 Å². The number of amides is 2. The van der Waals surface area contributed by atoms with Crippen molar-refractivity contribution in [3.8, 4) is 11.1 Å². The first kappa shape index (κ1) is 70.2. The number of nitrogens with zero attached hydrogens (tertiary/aromatic N) is 2. The van der Waals surface area contributed by atoms with Crippen molar-refractivity contribution in [2.45, 2.75) is 98.2 Å². The number of nitrogens with one attached hydrogen (secondary N) is 3. The largest absolute Gasteiger partial charge is 0.394 e. The summed E-state index contributed by atoms with van der Waals surface area (Å²) in [5.41, 5.74) is 9.82. The Morgan fingerprint density at radius 3 is 2.07 bits per heavy atom. The molecule has 81 heavy (non-hydrogen) atoms. The summed E-state index contributed by atoms with van der Waals surface area (Å²) in [6.45, 7) is 25.4. The fourth-order valence-electron chi connectivity index (χ4n) is 9.09. The van der Waals surface area contributed by atoms with Crippen molar-refractivity contribution in [2.75, 3.05) is 124 Å². The summed E-state index contributed by atoms with van der Waals surface area (Å²) in [7, 11) is 0. The second-order valence-corrected chi connectivity index (χ2v) is 22.1. The van der Waals surface area contributed by atoms with Gasteiger partial charge < -0.3 is 69.5 Å². The number of aldehydes is 1. The van der Waals surface area contributed by atoms with E-state index in [4.69, 9.17) is 39.3 Å². The summed E-state index contributed by atoms with van der Waals surface area (Å²) < 4.78 is 65.1. The highest BCUT2D eigenvalue weighted by Gasteiger charge is 2.36. The van der Waals surface area contributed by atoms with E-state index in [0.29, 0.717) is 134 Å². The van der Waals surface area contributed by atoms with Gasteiger partial charge in [-0.25, -0.2) is 8.78 Å². The summed E-state index contributed by atoms with van der Waals surface area (Å²) in [5, 5.41) is 17.5. The van der Waals surface area contributed by atoms with E-state index >= 15 is 4.39 Å². The SMILES string of the molecule is C=C(CNC(=O)C(C(C)=O)C(C)CCCOCCOCCOCCOCCC(=O)N[C@H](C=O)CSCC(=C)N(CCCN)[C@@H](c1cc(-c2cc(F)ccc2F)cn1Cc1ccccc1)C(C)(C)C)NCCOCCCCCOCCO. The molecule has 3 aromatic rings. The van der Waals surface area contributed by atoms with Crippen molar-refractivity contribution in [3.05, 3.63) is 108 Å². The number of ketones is 1. The van der Waals surface area contributed by atoms with Gasteiger partial charge in [0, 0.05) is 91.8 Å². The van der Waals surface area contributed by atoms with Crippen molar-refractivity contribution >= 4 is 35.6 Å². The summed E-state index contributed by atoms with van der Waals surface area (Å²) in [4.78, 5) is 52.5. The lowest BCUT2D eigenvalue weighted by atomic mass is 9.82. The number of thioether (sulfide) groups is 1. The molecule has 0 aliphatic rings. The number of carbonyl (C=O) groups excluding carboxylic acids is 4. The number of benzene rings is 2. The molecule has 0 aliphatic carbocycles. The number of Topliss-reactive ketones (excluding diaryl/α,β-unsaturated/α-hetero) is 1. The van der Waals surface area contributed by atoms with Crippen LogP contribution >= 0.6 is 11.8 Å². The molecule has 2 aromatic carbocycles. The fourth-order valence-corrected chi connectivity index (χ4v) is 10.0. The van der Waals surface area contributed by atoms with Crippen LogP contribution < -0.4 is 21.7 Å². The third-order valence-corrected chi connectivity index (χ3v) is 14.2. The van der Waals surface area contributed by atoms with Gasteiger partial charge in [-0.2, -0.15) is 11.8 Å². The molecule has 1 aromatic heterocycles. The van der Waals surface area contributed by atoms with Crippen LogP contribution in [0.1, 0.15) is 96.9 Å². The molecular formula is C61H94F2N6O11S. The third-order valence-electron chi connectivity index (χ3n) is 13.1. The maximum Gasteiger partial charge on any atom is 0.231 e. The van der Waals surface area contributed by atoms with Gasteiger partial charge in [-0.1, -0.05) is 71.2 Å². The Kier molecular flexibility index (Phi) is 35.6. The molecule has 17 nitrogen and oxygen atoms in total. The fraction of sp³-hybridized carbons (Fsp3) is 0.607. The molecular weight excluding hydrogens is 1060 g/mol. The highest BCUT2D eigenvalue weighted by Crippen LogP contribution is 2.43. The Morgan fingerprint density at radius 2 is 1.44 bits per heavy atom. The Balaban J connectivity index is 1.28. The van der Waals surface area contributed by atoms with Gasteiger partial charge in [0.05, 0.1) is 90.6 Å². The monoisotopic (exact) mass is 1160 g/mol. The molecule has 454 valence electrons. The van der Waals surface area contributed by atoms with Gasteiger partial charge >= 0.3 is 0 Å². The van der Waals surface area contributed by atoms with Crippen molar-refractivity contribution in [1.29, 1.82) is 0 Å². The van der Waals surface area contributed by atoms with Crippen LogP contribution in [0.15, 0.2) is 85.3 Å². The lowest BCUT2D eigenvalue weighted by molar-refractivity contribution is -0.135. The van der Waals surface area contributed by atoms with Crippen LogP contribution in [0.25, 0.3) is 11.1 Å². The first-order chi connectivity index (χ1) is 39.0. The van der Waals surface area contributed by atoms with E-state index in [9.17, 15) is 23.6 Å². The number of rotatable bonds is 48. The number of unbranched alkanes of at least 4 members (excludes halogenated alkanes) is 2. The zero-order chi connectivity index (χ0) is 59.3. The second-order valence-electron chi connectivity index (χ2n) is 21.1. The van der Waals surface area contributed by atoms with Crippen LogP contribution in [-0.4, -0.2) is 168 Å². The van der Waals surface area contributed by atoms with Gasteiger partial charge in [-0.3, -0.25) is 14.4 Å². The zero-order valence-corrected chi connectivity index (χ0v) is 49.6. The van der Waals surface area contributed by atoms with Crippen LogP contribution in [0, 0.1) is 28.9 Å². The number of aromatic nitrogens is 1. The van der Waals surface area contributed by atoms with E-state index in [0.717, 1.165) is 54.6 Å². The Bertz CT molecular complexity index is 2290. The number of carbonyl (C=O) groups is 4. The van der Waals surface area contributed by atoms with Crippen molar-refractivity contribution in [2.24, 2.45) is 23.0 Å². The zero-order valence-electron chi connectivity index (χ0n) is 48.8. The number of hydrogen-bond donors (Lipinski definition) is 5. The van der Waals surface area contributed by atoms with Crippen LogP contribution in [0.5, 0.6) is 0 Å². The molecule has 0 saturated carbocycles. The lowest BCUT2D eigenvalue weighted by Gasteiger charge is -2.43. The first-order valence-corrected chi connectivity index (χ1v) is 29.6. The number of halogens is 2. The molecule has 4 atom stereocenters. The van der Waals surface area contributed by atoms with Crippen LogP contribution in [-0.2, 0) is 54.1 Å². The highest BCUT2D eigenvalue weighted by atomic mass is 32.2. The maximum atomic E-state index is 15.2. The summed E-state index contributed by atoms with van der Waals surface area (Å²) in [6, 6.07) is 14.4. The second kappa shape index (κ2) is 41.0. The van der Waals surface area contributed by atoms with Gasteiger partial charge in [-0.15, -0.1) is 0 Å². The van der Waals surface area contributed by atoms with Gasteiger partial charge in [0.25, 0.3) is 0 Å². The minimum Gasteiger partial charge on any atom is -0.394 e. The molecule has 3 rings (SSSR count). The van der Waals surface area contributed by atoms with Crippen LogP contribution in [0.3, 0.4) is 0 Å². The van der Waals surface area contributed by atoms with Gasteiger partial charge in [0.15, 0.2) is 0 Å². The topological polar surface area (TPSA) is 214 Å². The molecule has 1 heterocycles. The van der Waals surface area contributed by atoms with Crippen LogP contribution in [0.4, 0.5) is 8.78 Å². The molecule has 2 unspecified atom stereocenters. The predicted molar refractivity (Wildman–Crippen MR) is 316 cm³/mol. The van der Waals surface area contributed by atoms with E-state index in [1.165, 1.54) is 24.8 Å². The number of ether oxygens (including phenoxy) is 6. The minimum atomic E-state index is -0.765. The normalized spacial score (nSPS) is 13.0. The molecule has 0 bridgehead atoms. The molecule has 6 N–H and O–H groups in total. The first-order valence-electron chi connectivity index (χ1n) is 28.4. The molecule has 0 saturated heterocycles. The molecule has 0 aliphatic heterocycles. The number of nitrogens with two attached hydrogens (primary N) is 1. The average molecular weight is 1160 g/mol. The molecule has 20 heteroatoms. The Morgan fingerprint density at radius 1 is 0.815 bits per heavy atom. The van der Waals surface area contributed by atoms with E-state index < -0.39 is 23.6 Å². The highest BCUT2D eigenvalue weighted by molar-refractivity contribution is 7.99. The predicted octanol–water partition coefficient (Wildman–Crippen LogP) is 7.64. The summed E-state index contributed by atoms with van der Waals surface area (Å²) in [6.07, 6.45) is 7.51. The molecule has 0 fully saturated rings. The molecule has 0 radical (unpaired) electrons.